The maximum Gasteiger partial charge on any atom is 0.412 e. The van der Waals surface area contributed by atoms with Crippen LogP contribution < -0.4 is 5.32 Å². The van der Waals surface area contributed by atoms with E-state index >= 15 is 0 Å². The summed E-state index contributed by atoms with van der Waals surface area (Å²) in [6.45, 7) is 4.45. The predicted molar refractivity (Wildman–Crippen MR) is 103 cm³/mol. The molecule has 0 aliphatic heterocycles. The SMILES string of the molecule is CCCC[C@](C)(NC(=O)O)OC(=O)N(Cc1cccs1)Cc1cccs1. The smallest absolute Gasteiger partial charge is 0.412 e. The fourth-order valence-electron chi connectivity index (χ4n) is 2.50. The Bertz CT molecular complexity index is 652. The molecule has 0 saturated carbocycles. The fraction of sp³-hybridized carbons (Fsp3) is 0.444. The first kappa shape index (κ1) is 20.3. The molecule has 0 fully saturated rings. The van der Waals surface area contributed by atoms with E-state index in [4.69, 9.17) is 9.84 Å². The maximum atomic E-state index is 12.8. The van der Waals surface area contributed by atoms with E-state index in [2.05, 4.69) is 5.32 Å². The summed E-state index contributed by atoms with van der Waals surface area (Å²) in [4.78, 5) is 27.7. The highest BCUT2D eigenvalue weighted by Gasteiger charge is 2.32. The van der Waals surface area contributed by atoms with Crippen LogP contribution in [-0.4, -0.2) is 27.9 Å². The first-order valence-corrected chi connectivity index (χ1v) is 10.2. The lowest BCUT2D eigenvalue weighted by molar-refractivity contribution is -0.0253. The van der Waals surface area contributed by atoms with Gasteiger partial charge in [-0.1, -0.05) is 25.5 Å². The number of ether oxygens (including phenoxy) is 1. The Morgan fingerprint density at radius 2 is 1.77 bits per heavy atom. The van der Waals surface area contributed by atoms with Crippen molar-refractivity contribution < 1.29 is 19.4 Å². The average Bonchev–Trinajstić information content (AvgIpc) is 3.25. The first-order chi connectivity index (χ1) is 12.4. The Labute approximate surface area is 161 Å². The van der Waals surface area contributed by atoms with Gasteiger partial charge in [0.15, 0.2) is 5.72 Å². The van der Waals surface area contributed by atoms with Crippen molar-refractivity contribution >= 4 is 34.9 Å². The zero-order chi connectivity index (χ0) is 19.0. The number of carbonyl (C=O) groups excluding carboxylic acids is 1. The molecule has 0 bridgehead atoms. The largest absolute Gasteiger partial charge is 0.465 e. The summed E-state index contributed by atoms with van der Waals surface area (Å²) in [5, 5.41) is 15.4. The van der Waals surface area contributed by atoms with Crippen LogP contribution in [0.1, 0.15) is 42.9 Å². The zero-order valence-corrected chi connectivity index (χ0v) is 16.6. The number of thiophene rings is 2. The maximum absolute atomic E-state index is 12.8. The van der Waals surface area contributed by atoms with Gasteiger partial charge in [0, 0.05) is 16.2 Å². The third-order valence-corrected chi connectivity index (χ3v) is 5.53. The molecule has 8 heteroatoms. The highest BCUT2D eigenvalue weighted by atomic mass is 32.1. The lowest BCUT2D eigenvalue weighted by Gasteiger charge is -2.32. The summed E-state index contributed by atoms with van der Waals surface area (Å²) in [7, 11) is 0. The van der Waals surface area contributed by atoms with E-state index in [-0.39, 0.29) is 0 Å². The number of rotatable bonds is 9. The fourth-order valence-corrected chi connectivity index (χ4v) is 3.94. The zero-order valence-electron chi connectivity index (χ0n) is 14.9. The Hall–Kier alpha value is -2.06. The Balaban J connectivity index is 2.13. The van der Waals surface area contributed by atoms with Gasteiger partial charge in [-0.15, -0.1) is 22.7 Å². The molecule has 2 aromatic rings. The molecule has 2 aromatic heterocycles. The van der Waals surface area contributed by atoms with E-state index in [1.54, 1.807) is 34.5 Å². The van der Waals surface area contributed by atoms with Gasteiger partial charge in [0.2, 0.25) is 0 Å². The van der Waals surface area contributed by atoms with Crippen molar-refractivity contribution in [1.29, 1.82) is 0 Å². The molecule has 0 spiro atoms. The van der Waals surface area contributed by atoms with Gasteiger partial charge in [0.05, 0.1) is 13.1 Å². The van der Waals surface area contributed by atoms with Gasteiger partial charge in [0.1, 0.15) is 0 Å². The highest BCUT2D eigenvalue weighted by Crippen LogP contribution is 2.22. The van der Waals surface area contributed by atoms with E-state index in [9.17, 15) is 9.59 Å². The second-order valence-corrected chi connectivity index (χ2v) is 8.21. The van der Waals surface area contributed by atoms with Crippen LogP contribution in [-0.2, 0) is 17.8 Å². The summed E-state index contributed by atoms with van der Waals surface area (Å²) in [6.07, 6.45) is 0.314. The van der Waals surface area contributed by atoms with E-state index in [0.717, 1.165) is 22.6 Å². The summed E-state index contributed by atoms with van der Waals surface area (Å²) in [5.41, 5.74) is -1.25. The first-order valence-electron chi connectivity index (χ1n) is 8.45. The molecule has 2 amide bonds. The van der Waals surface area contributed by atoms with Gasteiger partial charge in [-0.25, -0.2) is 9.59 Å². The van der Waals surface area contributed by atoms with Crippen molar-refractivity contribution in [2.45, 2.75) is 51.9 Å². The van der Waals surface area contributed by atoms with Crippen molar-refractivity contribution in [3.63, 3.8) is 0 Å². The van der Waals surface area contributed by atoms with Crippen LogP contribution >= 0.6 is 22.7 Å². The molecule has 142 valence electrons. The number of hydrogen-bond donors (Lipinski definition) is 2. The van der Waals surface area contributed by atoms with Gasteiger partial charge in [0.25, 0.3) is 0 Å². The number of nitrogens with one attached hydrogen (secondary N) is 1. The average molecular weight is 397 g/mol. The molecule has 2 N–H and O–H groups in total. The minimum Gasteiger partial charge on any atom is -0.465 e. The number of hydrogen-bond acceptors (Lipinski definition) is 5. The van der Waals surface area contributed by atoms with Gasteiger partial charge >= 0.3 is 12.2 Å². The van der Waals surface area contributed by atoms with Gasteiger partial charge in [-0.05, 0) is 36.2 Å². The van der Waals surface area contributed by atoms with Crippen LogP contribution in [0.4, 0.5) is 9.59 Å². The second-order valence-electron chi connectivity index (χ2n) is 6.15. The molecule has 0 unspecified atom stereocenters. The summed E-state index contributed by atoms with van der Waals surface area (Å²) in [6, 6.07) is 7.80. The minimum absolute atomic E-state index is 0.422. The number of carboxylic acid groups (broad SMARTS) is 1. The van der Waals surface area contributed by atoms with Crippen LogP contribution in [0.5, 0.6) is 0 Å². The lowest BCUT2D eigenvalue weighted by Crippen LogP contribution is -2.51. The Morgan fingerprint density at radius 1 is 1.19 bits per heavy atom. The third kappa shape index (κ3) is 6.34. The lowest BCUT2D eigenvalue weighted by atomic mass is 10.1. The molecule has 0 aliphatic carbocycles. The second kappa shape index (κ2) is 9.59. The van der Waals surface area contributed by atoms with Crippen molar-refractivity contribution in [1.82, 2.24) is 10.2 Å². The van der Waals surface area contributed by atoms with Crippen LogP contribution in [0.2, 0.25) is 0 Å². The van der Waals surface area contributed by atoms with E-state index in [0.29, 0.717) is 19.5 Å². The normalized spacial score (nSPS) is 13.0. The molecule has 0 aromatic carbocycles. The van der Waals surface area contributed by atoms with Gasteiger partial charge in [-0.2, -0.15) is 0 Å². The molecule has 6 nitrogen and oxygen atoms in total. The van der Waals surface area contributed by atoms with E-state index in [1.165, 1.54) is 0 Å². The van der Waals surface area contributed by atoms with Crippen molar-refractivity contribution in [2.24, 2.45) is 0 Å². The molecule has 1 atom stereocenters. The number of amides is 2. The monoisotopic (exact) mass is 396 g/mol. The topological polar surface area (TPSA) is 78.9 Å². The summed E-state index contributed by atoms with van der Waals surface area (Å²) >= 11 is 3.14. The molecular weight excluding hydrogens is 372 g/mol. The standard InChI is InChI=1S/C18H24N2O4S2/c1-3-4-9-18(2,19-16(21)22)24-17(23)20(12-14-7-5-10-25-14)13-15-8-6-11-26-15/h5-8,10-11,19H,3-4,9,12-13H2,1-2H3,(H,21,22)/t18-/m1/s1. The van der Waals surface area contributed by atoms with E-state index < -0.39 is 17.9 Å². The van der Waals surface area contributed by atoms with Crippen LogP contribution in [0.15, 0.2) is 35.0 Å². The summed E-state index contributed by atoms with van der Waals surface area (Å²) in [5.74, 6) is 0. The van der Waals surface area contributed by atoms with Crippen molar-refractivity contribution in [2.75, 3.05) is 0 Å². The quantitative estimate of drug-likeness (QED) is 0.577. The third-order valence-electron chi connectivity index (χ3n) is 3.80. The van der Waals surface area contributed by atoms with Gasteiger partial charge < -0.3 is 9.84 Å². The number of carbonyl (C=O) groups is 2. The van der Waals surface area contributed by atoms with Crippen LogP contribution in [0, 0.1) is 0 Å². The highest BCUT2D eigenvalue weighted by molar-refractivity contribution is 7.10. The number of unbranched alkanes of at least 4 members (excludes halogenated alkanes) is 1. The molecular formula is C18H24N2O4S2. The molecule has 2 rings (SSSR count). The van der Waals surface area contributed by atoms with Gasteiger partial charge in [-0.3, -0.25) is 10.2 Å². The Morgan fingerprint density at radius 3 is 2.19 bits per heavy atom. The van der Waals surface area contributed by atoms with Crippen molar-refractivity contribution in [3.05, 3.63) is 44.8 Å². The minimum atomic E-state index is -1.25. The van der Waals surface area contributed by atoms with E-state index in [1.807, 2.05) is 41.9 Å². The summed E-state index contributed by atoms with van der Waals surface area (Å²) < 4.78 is 5.61. The molecule has 2 heterocycles. The molecule has 26 heavy (non-hydrogen) atoms. The molecule has 0 radical (unpaired) electrons. The Kier molecular flexibility index (Phi) is 7.47. The van der Waals surface area contributed by atoms with Crippen LogP contribution in [0.3, 0.4) is 0 Å². The molecule has 0 saturated heterocycles. The molecule has 0 aliphatic rings. The van der Waals surface area contributed by atoms with Crippen LogP contribution in [0.25, 0.3) is 0 Å². The van der Waals surface area contributed by atoms with Crippen molar-refractivity contribution in [3.8, 4) is 0 Å². The predicted octanol–water partition coefficient (Wildman–Crippen LogP) is 5.12. The number of nitrogens with zero attached hydrogens (tertiary/aromatic N) is 1.